The highest BCUT2D eigenvalue weighted by molar-refractivity contribution is 6.10. The lowest BCUT2D eigenvalue weighted by Gasteiger charge is -2.23. The van der Waals surface area contributed by atoms with Crippen LogP contribution in [-0.4, -0.2) is 27.9 Å². The van der Waals surface area contributed by atoms with E-state index in [0.717, 1.165) is 39.6 Å². The summed E-state index contributed by atoms with van der Waals surface area (Å²) in [7, 11) is 2.02. The largest absolute Gasteiger partial charge is 0.335 e. The van der Waals surface area contributed by atoms with Crippen LogP contribution in [0.5, 0.6) is 0 Å². The number of hydrogen-bond acceptors (Lipinski definition) is 3. The third-order valence-corrected chi connectivity index (χ3v) is 7.35. The molecule has 5 aromatic rings. The van der Waals surface area contributed by atoms with E-state index in [9.17, 15) is 9.59 Å². The molecule has 0 atom stereocenters. The van der Waals surface area contributed by atoms with Gasteiger partial charge in [-0.15, -0.1) is 0 Å². The third-order valence-electron chi connectivity index (χ3n) is 7.35. The number of rotatable bonds is 4. The van der Waals surface area contributed by atoms with E-state index in [1.54, 1.807) is 24.3 Å². The number of para-hydroxylation sites is 1. The van der Waals surface area contributed by atoms with E-state index in [-0.39, 0.29) is 11.8 Å². The minimum Gasteiger partial charge on any atom is -0.335 e. The highest BCUT2D eigenvalue weighted by atomic mass is 16.2. The normalized spacial score (nSPS) is 12.3. The van der Waals surface area contributed by atoms with Gasteiger partial charge in [0, 0.05) is 48.1 Å². The molecule has 2 amide bonds. The lowest BCUT2D eigenvalue weighted by molar-refractivity contribution is 0.0986. The number of aromatic nitrogens is 2. The Morgan fingerprint density at radius 1 is 0.795 bits per heavy atom. The SMILES string of the molecule is Cc1nc2c(n1C)CCN(C(=O)c1ccc(NC(=O)c3ccccc3-c3ccccc3)cc1)c1ccccc1-2. The molecule has 192 valence electrons. The summed E-state index contributed by atoms with van der Waals surface area (Å²) in [6.07, 6.45) is 0.710. The van der Waals surface area contributed by atoms with Gasteiger partial charge in [0.1, 0.15) is 5.82 Å². The van der Waals surface area contributed by atoms with Gasteiger partial charge in [0.15, 0.2) is 0 Å². The van der Waals surface area contributed by atoms with E-state index in [1.165, 1.54) is 0 Å². The van der Waals surface area contributed by atoms with Crippen molar-refractivity contribution in [2.75, 3.05) is 16.8 Å². The zero-order valence-electron chi connectivity index (χ0n) is 21.9. The zero-order chi connectivity index (χ0) is 26.9. The van der Waals surface area contributed by atoms with Gasteiger partial charge >= 0.3 is 0 Å². The second kappa shape index (κ2) is 10.1. The smallest absolute Gasteiger partial charge is 0.258 e. The number of carbonyl (C=O) groups excluding carboxylic acids is 2. The molecule has 2 heterocycles. The molecule has 1 aliphatic heterocycles. The van der Waals surface area contributed by atoms with Gasteiger partial charge in [-0.1, -0.05) is 66.7 Å². The monoisotopic (exact) mass is 512 g/mol. The van der Waals surface area contributed by atoms with E-state index in [1.807, 2.05) is 97.7 Å². The van der Waals surface area contributed by atoms with Crippen LogP contribution in [0.4, 0.5) is 11.4 Å². The first kappa shape index (κ1) is 24.4. The number of imidazole rings is 1. The van der Waals surface area contributed by atoms with E-state index in [2.05, 4.69) is 9.88 Å². The quantitative estimate of drug-likeness (QED) is 0.298. The fraction of sp³-hybridized carbons (Fsp3) is 0.121. The van der Waals surface area contributed by atoms with E-state index in [0.29, 0.717) is 29.8 Å². The Kier molecular flexibility index (Phi) is 6.29. The Labute approximate surface area is 227 Å². The van der Waals surface area contributed by atoms with Crippen LogP contribution < -0.4 is 10.2 Å². The standard InChI is InChI=1S/C33H28N4O2/c1-22-34-31-28-14-8-9-15-29(28)37(21-20-30(31)36(22)2)33(39)24-16-18-25(19-17-24)35-32(38)27-13-7-6-12-26(27)23-10-4-3-5-11-23/h3-19H,20-21H2,1-2H3,(H,35,38). The Morgan fingerprint density at radius 2 is 1.46 bits per heavy atom. The topological polar surface area (TPSA) is 67.2 Å². The number of carbonyl (C=O) groups is 2. The van der Waals surface area contributed by atoms with Crippen LogP contribution in [0, 0.1) is 6.92 Å². The van der Waals surface area contributed by atoms with Crippen molar-refractivity contribution in [1.82, 2.24) is 9.55 Å². The average Bonchev–Trinajstić information content (AvgIpc) is 3.16. The molecule has 1 aromatic heterocycles. The van der Waals surface area contributed by atoms with E-state index in [4.69, 9.17) is 4.98 Å². The molecular formula is C33H28N4O2. The van der Waals surface area contributed by atoms with Crippen molar-refractivity contribution in [3.05, 3.63) is 126 Å². The van der Waals surface area contributed by atoms with Crippen LogP contribution in [0.2, 0.25) is 0 Å². The Balaban J connectivity index is 1.24. The van der Waals surface area contributed by atoms with Crippen LogP contribution in [0.25, 0.3) is 22.4 Å². The lowest BCUT2D eigenvalue weighted by atomic mass is 9.99. The second-order valence-corrected chi connectivity index (χ2v) is 9.68. The molecule has 0 fully saturated rings. The van der Waals surface area contributed by atoms with Crippen molar-refractivity contribution < 1.29 is 9.59 Å². The minimum absolute atomic E-state index is 0.0840. The third kappa shape index (κ3) is 4.50. The van der Waals surface area contributed by atoms with Crippen LogP contribution >= 0.6 is 0 Å². The summed E-state index contributed by atoms with van der Waals surface area (Å²) in [6, 6.07) is 32.4. The zero-order valence-corrected chi connectivity index (χ0v) is 21.9. The number of nitrogens with zero attached hydrogens (tertiary/aromatic N) is 3. The number of hydrogen-bond donors (Lipinski definition) is 1. The summed E-state index contributed by atoms with van der Waals surface area (Å²) in [6.45, 7) is 2.55. The molecule has 1 N–H and O–H groups in total. The number of anilines is 2. The molecule has 0 saturated carbocycles. The fourth-order valence-corrected chi connectivity index (χ4v) is 5.22. The molecule has 0 saturated heterocycles. The Hall–Kier alpha value is -4.97. The van der Waals surface area contributed by atoms with Crippen molar-refractivity contribution in [3.63, 3.8) is 0 Å². The van der Waals surface area contributed by atoms with Crippen molar-refractivity contribution >= 4 is 23.2 Å². The fourth-order valence-electron chi connectivity index (χ4n) is 5.22. The van der Waals surface area contributed by atoms with Gasteiger partial charge in [0.25, 0.3) is 11.8 Å². The van der Waals surface area contributed by atoms with Gasteiger partial charge in [-0.2, -0.15) is 0 Å². The van der Waals surface area contributed by atoms with Crippen LogP contribution in [-0.2, 0) is 13.5 Å². The highest BCUT2D eigenvalue weighted by Gasteiger charge is 2.28. The first-order chi connectivity index (χ1) is 19.0. The Morgan fingerprint density at radius 3 is 2.23 bits per heavy atom. The molecule has 0 aliphatic carbocycles. The lowest BCUT2D eigenvalue weighted by Crippen LogP contribution is -2.32. The summed E-state index contributed by atoms with van der Waals surface area (Å²) in [5, 5.41) is 2.98. The van der Waals surface area contributed by atoms with Gasteiger partial charge in [-0.25, -0.2) is 4.98 Å². The number of nitrogens with one attached hydrogen (secondary N) is 1. The summed E-state index contributed by atoms with van der Waals surface area (Å²) >= 11 is 0. The first-order valence-electron chi connectivity index (χ1n) is 13.0. The maximum atomic E-state index is 13.7. The van der Waals surface area contributed by atoms with Crippen LogP contribution in [0.3, 0.4) is 0 Å². The molecule has 0 spiro atoms. The van der Waals surface area contributed by atoms with Crippen molar-refractivity contribution in [2.45, 2.75) is 13.3 Å². The van der Waals surface area contributed by atoms with Crippen molar-refractivity contribution in [2.24, 2.45) is 7.05 Å². The van der Waals surface area contributed by atoms with Crippen molar-refractivity contribution in [1.29, 1.82) is 0 Å². The van der Waals surface area contributed by atoms with Crippen molar-refractivity contribution in [3.8, 4) is 22.4 Å². The summed E-state index contributed by atoms with van der Waals surface area (Å²) in [5.74, 6) is 0.674. The molecule has 39 heavy (non-hydrogen) atoms. The molecule has 0 radical (unpaired) electrons. The Bertz CT molecular complexity index is 1690. The van der Waals surface area contributed by atoms with Gasteiger partial charge < -0.3 is 14.8 Å². The summed E-state index contributed by atoms with van der Waals surface area (Å²) in [4.78, 5) is 33.5. The number of benzene rings is 4. The average molecular weight is 513 g/mol. The maximum Gasteiger partial charge on any atom is 0.258 e. The molecule has 0 unspecified atom stereocenters. The molecule has 4 aromatic carbocycles. The van der Waals surface area contributed by atoms with E-state index < -0.39 is 0 Å². The van der Waals surface area contributed by atoms with Crippen LogP contribution in [0.15, 0.2) is 103 Å². The molecule has 1 aliphatic rings. The van der Waals surface area contributed by atoms with E-state index >= 15 is 0 Å². The molecule has 6 heteroatoms. The highest BCUT2D eigenvalue weighted by Crippen LogP contribution is 2.36. The molecule has 0 bridgehead atoms. The number of aryl methyl sites for hydroxylation is 1. The molecule has 6 rings (SSSR count). The van der Waals surface area contributed by atoms with Crippen LogP contribution in [0.1, 0.15) is 32.2 Å². The molecular weight excluding hydrogens is 484 g/mol. The van der Waals surface area contributed by atoms with Gasteiger partial charge in [-0.05, 0) is 54.4 Å². The van der Waals surface area contributed by atoms with Gasteiger partial charge in [-0.3, -0.25) is 9.59 Å². The summed E-state index contributed by atoms with van der Waals surface area (Å²) < 4.78 is 2.10. The van der Waals surface area contributed by atoms with Gasteiger partial charge in [0.2, 0.25) is 0 Å². The first-order valence-corrected chi connectivity index (χ1v) is 13.0. The predicted molar refractivity (Wildman–Crippen MR) is 155 cm³/mol. The maximum absolute atomic E-state index is 13.7. The number of fused-ring (bicyclic) bond motifs is 3. The number of amides is 2. The predicted octanol–water partition coefficient (Wildman–Crippen LogP) is 6.52. The second-order valence-electron chi connectivity index (χ2n) is 9.68. The summed E-state index contributed by atoms with van der Waals surface area (Å²) in [5.41, 5.74) is 7.51. The van der Waals surface area contributed by atoms with Gasteiger partial charge in [0.05, 0.1) is 11.4 Å². The molecule has 6 nitrogen and oxygen atoms in total. The minimum atomic E-state index is -0.199.